The van der Waals surface area contributed by atoms with Crippen molar-refractivity contribution in [2.45, 2.75) is 22.9 Å². The summed E-state index contributed by atoms with van der Waals surface area (Å²) in [5, 5.41) is 25.5. The van der Waals surface area contributed by atoms with Crippen LogP contribution < -0.4 is 5.32 Å². The standard InChI is InChI=1S/C16H16N4O2S3/c1-11(12-4-2-5-13(10-12)20(21)22)24-16-19-18-15(25-16)17-8-7-14-6-3-9-23-14/h2-6,9-11H,7-8H2,1H3,(H,17,18). The summed E-state index contributed by atoms with van der Waals surface area (Å²) in [6, 6.07) is 10.9. The van der Waals surface area contributed by atoms with Crippen molar-refractivity contribution in [3.63, 3.8) is 0 Å². The molecule has 0 bridgehead atoms. The van der Waals surface area contributed by atoms with Crippen LogP contribution in [-0.4, -0.2) is 21.7 Å². The minimum atomic E-state index is -0.374. The van der Waals surface area contributed by atoms with Crippen LogP contribution in [0.3, 0.4) is 0 Å². The van der Waals surface area contributed by atoms with E-state index in [1.165, 1.54) is 22.3 Å². The number of hydrogen-bond donors (Lipinski definition) is 1. The quantitative estimate of drug-likeness (QED) is 0.329. The molecule has 0 fully saturated rings. The number of nitro benzene ring substituents is 1. The van der Waals surface area contributed by atoms with Gasteiger partial charge in [-0.05, 0) is 30.4 Å². The Morgan fingerprint density at radius 2 is 2.20 bits per heavy atom. The van der Waals surface area contributed by atoms with Gasteiger partial charge >= 0.3 is 0 Å². The lowest BCUT2D eigenvalue weighted by Crippen LogP contribution is -2.03. The average molecular weight is 393 g/mol. The third kappa shape index (κ3) is 5.00. The van der Waals surface area contributed by atoms with Crippen molar-refractivity contribution in [2.75, 3.05) is 11.9 Å². The SMILES string of the molecule is CC(Sc1nnc(NCCc2cccs2)s1)c1cccc([N+](=O)[O-])c1. The number of thiophene rings is 1. The number of non-ortho nitro benzene ring substituents is 1. The van der Waals surface area contributed by atoms with E-state index >= 15 is 0 Å². The molecule has 3 rings (SSSR count). The van der Waals surface area contributed by atoms with Gasteiger partial charge in [0.2, 0.25) is 5.13 Å². The molecule has 0 aliphatic carbocycles. The maximum Gasteiger partial charge on any atom is 0.269 e. The summed E-state index contributed by atoms with van der Waals surface area (Å²) in [6.07, 6.45) is 0.962. The Morgan fingerprint density at radius 1 is 1.32 bits per heavy atom. The highest BCUT2D eigenvalue weighted by Gasteiger charge is 2.14. The van der Waals surface area contributed by atoms with E-state index in [2.05, 4.69) is 33.0 Å². The number of nitrogens with zero attached hydrogens (tertiary/aromatic N) is 3. The Labute approximate surface area is 157 Å². The molecule has 0 saturated carbocycles. The van der Waals surface area contributed by atoms with Gasteiger partial charge in [0.25, 0.3) is 5.69 Å². The van der Waals surface area contributed by atoms with Gasteiger partial charge in [-0.1, -0.05) is 41.3 Å². The van der Waals surface area contributed by atoms with Crippen molar-refractivity contribution < 1.29 is 4.92 Å². The van der Waals surface area contributed by atoms with Crippen LogP contribution in [0.1, 0.15) is 22.6 Å². The van der Waals surface area contributed by atoms with E-state index in [0.29, 0.717) is 0 Å². The summed E-state index contributed by atoms with van der Waals surface area (Å²) in [6.45, 7) is 2.83. The summed E-state index contributed by atoms with van der Waals surface area (Å²) in [4.78, 5) is 11.9. The van der Waals surface area contributed by atoms with E-state index in [9.17, 15) is 10.1 Å². The van der Waals surface area contributed by atoms with Gasteiger partial charge < -0.3 is 5.32 Å². The van der Waals surface area contributed by atoms with Crippen molar-refractivity contribution in [1.82, 2.24) is 10.2 Å². The summed E-state index contributed by atoms with van der Waals surface area (Å²) < 4.78 is 0.845. The van der Waals surface area contributed by atoms with Crippen LogP contribution in [0.15, 0.2) is 46.1 Å². The molecule has 130 valence electrons. The molecule has 1 unspecified atom stereocenters. The minimum Gasteiger partial charge on any atom is -0.360 e. The molecule has 0 aliphatic heterocycles. The number of thioether (sulfide) groups is 1. The van der Waals surface area contributed by atoms with Gasteiger partial charge in [0.05, 0.1) is 4.92 Å². The van der Waals surface area contributed by atoms with Gasteiger partial charge in [0.1, 0.15) is 0 Å². The summed E-state index contributed by atoms with van der Waals surface area (Å²) >= 11 is 4.80. The first kappa shape index (κ1) is 17.8. The number of rotatable bonds is 8. The molecular weight excluding hydrogens is 376 g/mol. The predicted molar refractivity (Wildman–Crippen MR) is 104 cm³/mol. The molecule has 1 atom stereocenters. The molecular formula is C16H16N4O2S3. The van der Waals surface area contributed by atoms with Crippen LogP contribution in [0.4, 0.5) is 10.8 Å². The smallest absolute Gasteiger partial charge is 0.269 e. The van der Waals surface area contributed by atoms with Crippen LogP contribution in [-0.2, 0) is 6.42 Å². The van der Waals surface area contributed by atoms with Gasteiger partial charge in [-0.15, -0.1) is 21.5 Å². The number of nitro groups is 1. The lowest BCUT2D eigenvalue weighted by Gasteiger charge is -2.08. The fourth-order valence-electron chi connectivity index (χ4n) is 2.19. The second kappa shape index (κ2) is 8.41. The van der Waals surface area contributed by atoms with E-state index in [1.54, 1.807) is 35.2 Å². The van der Waals surface area contributed by atoms with Crippen LogP contribution in [0.2, 0.25) is 0 Å². The normalized spacial score (nSPS) is 12.0. The number of benzene rings is 1. The first-order valence-corrected chi connectivity index (χ1v) is 10.2. The molecule has 0 spiro atoms. The molecule has 2 aromatic heterocycles. The molecule has 1 aromatic carbocycles. The van der Waals surface area contributed by atoms with Gasteiger partial charge in [-0.3, -0.25) is 10.1 Å². The molecule has 3 aromatic rings. The lowest BCUT2D eigenvalue weighted by atomic mass is 10.1. The van der Waals surface area contributed by atoms with Crippen LogP contribution in [0, 0.1) is 10.1 Å². The van der Waals surface area contributed by atoms with E-state index in [1.807, 2.05) is 13.0 Å². The lowest BCUT2D eigenvalue weighted by molar-refractivity contribution is -0.384. The van der Waals surface area contributed by atoms with Crippen molar-refractivity contribution >= 4 is 45.3 Å². The zero-order chi connectivity index (χ0) is 17.6. The van der Waals surface area contributed by atoms with Gasteiger partial charge in [-0.2, -0.15) is 0 Å². The number of nitrogens with one attached hydrogen (secondary N) is 1. The van der Waals surface area contributed by atoms with E-state index < -0.39 is 0 Å². The Bertz CT molecular complexity index is 836. The zero-order valence-corrected chi connectivity index (χ0v) is 15.9. The molecule has 1 N–H and O–H groups in total. The van der Waals surface area contributed by atoms with Crippen molar-refractivity contribution in [2.24, 2.45) is 0 Å². The highest BCUT2D eigenvalue weighted by Crippen LogP contribution is 2.38. The molecule has 0 aliphatic rings. The van der Waals surface area contributed by atoms with Crippen LogP contribution in [0.25, 0.3) is 0 Å². The fourth-order valence-corrected chi connectivity index (χ4v) is 4.93. The van der Waals surface area contributed by atoms with Gasteiger partial charge in [0, 0.05) is 28.8 Å². The zero-order valence-electron chi connectivity index (χ0n) is 13.4. The summed E-state index contributed by atoms with van der Waals surface area (Å²) in [5.41, 5.74) is 1.01. The monoisotopic (exact) mass is 392 g/mol. The van der Waals surface area contributed by atoms with Crippen molar-refractivity contribution in [1.29, 1.82) is 0 Å². The molecule has 6 nitrogen and oxygen atoms in total. The highest BCUT2D eigenvalue weighted by atomic mass is 32.2. The predicted octanol–water partition coefficient (Wildman–Crippen LogP) is 5.02. The first-order valence-electron chi connectivity index (χ1n) is 7.62. The maximum absolute atomic E-state index is 10.9. The van der Waals surface area contributed by atoms with Crippen LogP contribution in [0.5, 0.6) is 0 Å². The molecule has 0 amide bonds. The maximum atomic E-state index is 10.9. The van der Waals surface area contributed by atoms with Crippen molar-refractivity contribution in [3.8, 4) is 0 Å². The second-order valence-corrected chi connectivity index (χ2v) is 8.84. The fraction of sp³-hybridized carbons (Fsp3) is 0.250. The average Bonchev–Trinajstić information content (AvgIpc) is 3.27. The minimum absolute atomic E-state index is 0.0619. The molecule has 2 heterocycles. The van der Waals surface area contributed by atoms with E-state index in [-0.39, 0.29) is 15.9 Å². The third-order valence-corrected chi connectivity index (χ3v) is 6.52. The summed E-state index contributed by atoms with van der Waals surface area (Å²) in [7, 11) is 0. The molecule has 9 heteroatoms. The van der Waals surface area contributed by atoms with E-state index in [4.69, 9.17) is 0 Å². The number of anilines is 1. The Hall–Kier alpha value is -1.97. The Balaban J connectivity index is 1.55. The Kier molecular flexibility index (Phi) is 6.00. The second-order valence-electron chi connectivity index (χ2n) is 5.24. The van der Waals surface area contributed by atoms with Gasteiger partial charge in [-0.25, -0.2) is 0 Å². The topological polar surface area (TPSA) is 81.0 Å². The molecule has 0 radical (unpaired) electrons. The highest BCUT2D eigenvalue weighted by molar-refractivity contribution is 8.01. The van der Waals surface area contributed by atoms with Crippen LogP contribution >= 0.6 is 34.4 Å². The number of hydrogen-bond acceptors (Lipinski definition) is 8. The van der Waals surface area contributed by atoms with Gasteiger partial charge in [0.15, 0.2) is 4.34 Å². The molecule has 0 saturated heterocycles. The van der Waals surface area contributed by atoms with Crippen molar-refractivity contribution in [3.05, 3.63) is 62.3 Å². The number of aromatic nitrogens is 2. The third-order valence-electron chi connectivity index (χ3n) is 3.46. The largest absolute Gasteiger partial charge is 0.360 e. The van der Waals surface area contributed by atoms with E-state index in [0.717, 1.165) is 28.0 Å². The Morgan fingerprint density at radius 3 is 2.96 bits per heavy atom. The summed E-state index contributed by atoms with van der Waals surface area (Å²) in [5.74, 6) is 0. The first-order chi connectivity index (χ1) is 12.1. The molecule has 25 heavy (non-hydrogen) atoms.